The quantitative estimate of drug-likeness (QED) is 0.336. The molecule has 1 heterocycles. The molecule has 26 heavy (non-hydrogen) atoms. The summed E-state index contributed by atoms with van der Waals surface area (Å²) in [6.45, 7) is 3.57. The Hall–Kier alpha value is -2.71. The van der Waals surface area contributed by atoms with E-state index in [-0.39, 0.29) is 17.1 Å². The Labute approximate surface area is 151 Å². The van der Waals surface area contributed by atoms with Crippen LogP contribution in [0.3, 0.4) is 0 Å². The van der Waals surface area contributed by atoms with E-state index >= 15 is 0 Å². The number of aromatic nitrogens is 2. The Morgan fingerprint density at radius 3 is 2.65 bits per heavy atom. The van der Waals surface area contributed by atoms with E-state index in [0.717, 1.165) is 45.1 Å². The average Bonchev–Trinajstić information content (AvgIpc) is 3.11. The van der Waals surface area contributed by atoms with Crippen LogP contribution in [-0.4, -0.2) is 34.2 Å². The predicted molar refractivity (Wildman–Crippen MR) is 98.0 cm³/mol. The lowest BCUT2D eigenvalue weighted by atomic mass is 10.1. The van der Waals surface area contributed by atoms with Crippen LogP contribution in [-0.2, 0) is 4.79 Å². The molecule has 2 rings (SSSR count). The van der Waals surface area contributed by atoms with Gasteiger partial charge in [-0.15, -0.1) is 0 Å². The summed E-state index contributed by atoms with van der Waals surface area (Å²) >= 11 is 0. The van der Waals surface area contributed by atoms with Crippen molar-refractivity contribution in [3.05, 3.63) is 22.2 Å². The Bertz CT molecular complexity index is 731. The lowest BCUT2D eigenvalue weighted by Crippen LogP contribution is -2.23. The van der Waals surface area contributed by atoms with E-state index in [1.54, 1.807) is 6.07 Å². The number of nitro groups is 1. The maximum absolute atomic E-state index is 11.7. The standard InChI is InChI=1S/C17H25N5O4/c1-2-3-6-12-19-15(23)8-5-4-7-11-18-13-9-10-14(22(24)25)17-16(13)20-26-21-17/h9-10,18H,2-8,11-12H2,1H3,(H,19,23). The van der Waals surface area contributed by atoms with E-state index in [1.807, 2.05) is 0 Å². The van der Waals surface area contributed by atoms with Crippen LogP contribution in [0.25, 0.3) is 11.0 Å². The van der Waals surface area contributed by atoms with Gasteiger partial charge in [0.2, 0.25) is 11.4 Å². The Morgan fingerprint density at radius 1 is 1.12 bits per heavy atom. The number of carbonyl (C=O) groups is 1. The molecule has 1 aromatic carbocycles. The number of nitrogens with one attached hydrogen (secondary N) is 2. The van der Waals surface area contributed by atoms with Gasteiger partial charge in [0, 0.05) is 25.6 Å². The highest BCUT2D eigenvalue weighted by molar-refractivity contribution is 5.93. The van der Waals surface area contributed by atoms with E-state index in [2.05, 4.69) is 32.5 Å². The fourth-order valence-electron chi connectivity index (χ4n) is 2.65. The summed E-state index contributed by atoms with van der Waals surface area (Å²) in [5.41, 5.74) is 1.02. The molecule has 0 aliphatic rings. The summed E-state index contributed by atoms with van der Waals surface area (Å²) in [4.78, 5) is 22.1. The molecule has 9 nitrogen and oxygen atoms in total. The van der Waals surface area contributed by atoms with Crippen LogP contribution in [0.15, 0.2) is 16.8 Å². The SMILES string of the molecule is CCCCCNC(=O)CCCCCNc1ccc([N+](=O)[O-])c2nonc12. The summed E-state index contributed by atoms with van der Waals surface area (Å²) in [6.07, 6.45) is 6.50. The first-order valence-electron chi connectivity index (χ1n) is 9.03. The van der Waals surface area contributed by atoms with Crippen molar-refractivity contribution in [2.24, 2.45) is 0 Å². The molecule has 0 atom stereocenters. The van der Waals surface area contributed by atoms with Crippen LogP contribution in [0.1, 0.15) is 51.9 Å². The van der Waals surface area contributed by atoms with Gasteiger partial charge in [0.1, 0.15) is 0 Å². The minimum atomic E-state index is -0.510. The van der Waals surface area contributed by atoms with Crippen LogP contribution in [0.4, 0.5) is 11.4 Å². The van der Waals surface area contributed by atoms with Crippen molar-refractivity contribution >= 4 is 28.3 Å². The summed E-state index contributed by atoms with van der Waals surface area (Å²) in [6, 6.07) is 2.99. The number of amides is 1. The monoisotopic (exact) mass is 363 g/mol. The minimum absolute atomic E-state index is 0.111. The molecule has 2 N–H and O–H groups in total. The number of nitro benzene ring substituents is 1. The maximum Gasteiger partial charge on any atom is 0.300 e. The summed E-state index contributed by atoms with van der Waals surface area (Å²) in [7, 11) is 0. The van der Waals surface area contributed by atoms with E-state index in [1.165, 1.54) is 6.07 Å². The molecular formula is C17H25N5O4. The zero-order chi connectivity index (χ0) is 18.8. The summed E-state index contributed by atoms with van der Waals surface area (Å²) in [5.74, 6) is 0.111. The highest BCUT2D eigenvalue weighted by Gasteiger charge is 2.19. The van der Waals surface area contributed by atoms with Crippen molar-refractivity contribution in [1.82, 2.24) is 15.6 Å². The topological polar surface area (TPSA) is 123 Å². The number of hydrogen-bond acceptors (Lipinski definition) is 7. The van der Waals surface area contributed by atoms with Crippen molar-refractivity contribution in [3.8, 4) is 0 Å². The Balaban J connectivity index is 1.67. The van der Waals surface area contributed by atoms with E-state index in [9.17, 15) is 14.9 Å². The number of hydrogen-bond donors (Lipinski definition) is 2. The van der Waals surface area contributed by atoms with Crippen LogP contribution in [0, 0.1) is 10.1 Å². The largest absolute Gasteiger partial charge is 0.383 e. The third-order valence-electron chi connectivity index (χ3n) is 4.09. The molecule has 0 aliphatic heterocycles. The molecule has 0 spiro atoms. The lowest BCUT2D eigenvalue weighted by molar-refractivity contribution is -0.383. The Kier molecular flexibility index (Phi) is 7.78. The van der Waals surface area contributed by atoms with Gasteiger partial charge in [-0.05, 0) is 35.6 Å². The maximum atomic E-state index is 11.7. The lowest BCUT2D eigenvalue weighted by Gasteiger charge is -2.07. The molecule has 0 aliphatic carbocycles. The molecule has 142 valence electrons. The molecule has 0 fully saturated rings. The summed E-state index contributed by atoms with van der Waals surface area (Å²) < 4.78 is 4.63. The van der Waals surface area contributed by atoms with Gasteiger partial charge < -0.3 is 10.6 Å². The number of non-ortho nitro benzene ring substituents is 1. The molecule has 1 aromatic heterocycles. The van der Waals surface area contributed by atoms with E-state index < -0.39 is 4.92 Å². The molecule has 0 radical (unpaired) electrons. The van der Waals surface area contributed by atoms with Crippen molar-refractivity contribution in [1.29, 1.82) is 0 Å². The van der Waals surface area contributed by atoms with Gasteiger partial charge in [-0.25, -0.2) is 4.63 Å². The average molecular weight is 363 g/mol. The number of carbonyl (C=O) groups excluding carboxylic acids is 1. The zero-order valence-electron chi connectivity index (χ0n) is 15.0. The van der Waals surface area contributed by atoms with Crippen LogP contribution < -0.4 is 10.6 Å². The van der Waals surface area contributed by atoms with Gasteiger partial charge in [-0.3, -0.25) is 14.9 Å². The smallest absolute Gasteiger partial charge is 0.300 e. The number of rotatable bonds is 12. The van der Waals surface area contributed by atoms with Gasteiger partial charge in [0.15, 0.2) is 5.52 Å². The first kappa shape index (κ1) is 19.6. The van der Waals surface area contributed by atoms with Gasteiger partial charge in [0.25, 0.3) is 0 Å². The van der Waals surface area contributed by atoms with Crippen LogP contribution in [0.2, 0.25) is 0 Å². The molecule has 0 bridgehead atoms. The number of benzene rings is 1. The molecule has 0 unspecified atom stereocenters. The van der Waals surface area contributed by atoms with E-state index in [4.69, 9.17) is 0 Å². The minimum Gasteiger partial charge on any atom is -0.383 e. The second-order valence-electron chi connectivity index (χ2n) is 6.15. The Morgan fingerprint density at radius 2 is 1.88 bits per heavy atom. The van der Waals surface area contributed by atoms with Crippen LogP contribution >= 0.6 is 0 Å². The van der Waals surface area contributed by atoms with Gasteiger partial charge in [-0.1, -0.05) is 26.2 Å². The second-order valence-corrected chi connectivity index (χ2v) is 6.15. The number of fused-ring (bicyclic) bond motifs is 1. The summed E-state index contributed by atoms with van der Waals surface area (Å²) in [5, 5.41) is 24.4. The first-order chi connectivity index (χ1) is 12.6. The molecule has 9 heteroatoms. The third-order valence-corrected chi connectivity index (χ3v) is 4.09. The highest BCUT2D eigenvalue weighted by Crippen LogP contribution is 2.28. The fraction of sp³-hybridized carbons (Fsp3) is 0.588. The fourth-order valence-corrected chi connectivity index (χ4v) is 2.65. The van der Waals surface area contributed by atoms with Crippen LogP contribution in [0.5, 0.6) is 0 Å². The van der Waals surface area contributed by atoms with Crippen molar-refractivity contribution < 1.29 is 14.3 Å². The third kappa shape index (κ3) is 5.68. The predicted octanol–water partition coefficient (Wildman–Crippen LogP) is 3.41. The van der Waals surface area contributed by atoms with Gasteiger partial charge in [-0.2, -0.15) is 0 Å². The van der Waals surface area contributed by atoms with Crippen molar-refractivity contribution in [2.75, 3.05) is 18.4 Å². The second kappa shape index (κ2) is 10.3. The molecular weight excluding hydrogens is 338 g/mol. The van der Waals surface area contributed by atoms with Crippen molar-refractivity contribution in [3.63, 3.8) is 0 Å². The normalized spacial score (nSPS) is 10.8. The highest BCUT2D eigenvalue weighted by atomic mass is 16.6. The zero-order valence-corrected chi connectivity index (χ0v) is 15.0. The van der Waals surface area contributed by atoms with Crippen molar-refractivity contribution in [2.45, 2.75) is 51.9 Å². The molecule has 0 saturated heterocycles. The van der Waals surface area contributed by atoms with E-state index in [0.29, 0.717) is 24.2 Å². The van der Waals surface area contributed by atoms with Gasteiger partial charge >= 0.3 is 5.69 Å². The first-order valence-corrected chi connectivity index (χ1v) is 9.03. The number of unbranched alkanes of at least 4 members (excludes halogenated alkanes) is 4. The van der Waals surface area contributed by atoms with Gasteiger partial charge in [0.05, 0.1) is 10.6 Å². The molecule has 0 saturated carbocycles. The molecule has 1 amide bonds. The number of anilines is 1. The number of nitrogens with zero attached hydrogens (tertiary/aromatic N) is 3. The molecule has 2 aromatic rings.